The van der Waals surface area contributed by atoms with Crippen molar-refractivity contribution in [1.82, 2.24) is 0 Å². The Bertz CT molecular complexity index is 433. The largest absolute Gasteiger partial charge is 0.282 e. The highest BCUT2D eigenvalue weighted by Gasteiger charge is 2.43. The molecule has 1 aromatic rings. The number of hydrogen-bond donors (Lipinski definition) is 0. The third-order valence-electron chi connectivity index (χ3n) is 2.84. The molecule has 0 nitrogen and oxygen atoms in total. The quantitative estimate of drug-likeness (QED) is 0.612. The Morgan fingerprint density at radius 2 is 1.93 bits per heavy atom. The van der Waals surface area contributed by atoms with Gasteiger partial charge in [0.1, 0.15) is 5.82 Å². The number of fused-ring (bicyclic) bond motifs is 1. The Labute approximate surface area is 86.4 Å². The zero-order valence-corrected chi connectivity index (χ0v) is 8.52. The van der Waals surface area contributed by atoms with Crippen molar-refractivity contribution in [1.29, 1.82) is 0 Å². The Balaban J connectivity index is 2.73. The van der Waals surface area contributed by atoms with E-state index < -0.39 is 23.2 Å². The first-order valence-electron chi connectivity index (χ1n) is 4.80. The van der Waals surface area contributed by atoms with Gasteiger partial charge in [0.05, 0.1) is 5.56 Å². The predicted molar refractivity (Wildman–Crippen MR) is 53.2 cm³/mol. The molecule has 1 aliphatic rings. The molecule has 3 heteroatoms. The summed E-state index contributed by atoms with van der Waals surface area (Å²) >= 11 is 0. The van der Waals surface area contributed by atoms with Crippen LogP contribution < -0.4 is 0 Å². The lowest BCUT2D eigenvalue weighted by Crippen LogP contribution is -2.27. The number of rotatable bonds is 0. The van der Waals surface area contributed by atoms with Crippen molar-refractivity contribution < 1.29 is 13.2 Å². The van der Waals surface area contributed by atoms with E-state index in [1.165, 1.54) is 32.1 Å². The number of aryl methyl sites for hydroxylation is 1. The minimum Gasteiger partial charge on any atom is -0.206 e. The maximum Gasteiger partial charge on any atom is 0.282 e. The normalized spacial score (nSPS) is 22.6. The van der Waals surface area contributed by atoms with Gasteiger partial charge in [-0.2, -0.15) is 0 Å². The van der Waals surface area contributed by atoms with Gasteiger partial charge in [-0.3, -0.25) is 0 Å². The third-order valence-corrected chi connectivity index (χ3v) is 2.84. The van der Waals surface area contributed by atoms with Crippen LogP contribution in [0.15, 0.2) is 18.2 Å². The van der Waals surface area contributed by atoms with Crippen LogP contribution in [-0.2, 0) is 5.92 Å². The average molecular weight is 212 g/mol. The van der Waals surface area contributed by atoms with E-state index in [1.54, 1.807) is 6.08 Å². The summed E-state index contributed by atoms with van der Waals surface area (Å²) in [6.45, 7) is 2.88. The van der Waals surface area contributed by atoms with Gasteiger partial charge in [0.15, 0.2) is 0 Å². The molecule has 1 aliphatic carbocycles. The summed E-state index contributed by atoms with van der Waals surface area (Å²) in [5, 5.41) is 0. The Morgan fingerprint density at radius 3 is 2.60 bits per heavy atom. The number of benzene rings is 1. The van der Waals surface area contributed by atoms with E-state index in [9.17, 15) is 13.2 Å². The monoisotopic (exact) mass is 212 g/mol. The van der Waals surface area contributed by atoms with Crippen LogP contribution in [0.5, 0.6) is 0 Å². The highest BCUT2D eigenvalue weighted by molar-refractivity contribution is 5.60. The standard InChI is InChI=1S/C12H11F3/c1-7-3-5-9-6-4-8(2)12(14,15)10(9)11(7)13/h3-6,8H,1-2H3. The van der Waals surface area contributed by atoms with Gasteiger partial charge in [-0.15, -0.1) is 0 Å². The van der Waals surface area contributed by atoms with Crippen molar-refractivity contribution in [3.8, 4) is 0 Å². The minimum absolute atomic E-state index is 0.260. The predicted octanol–water partition coefficient (Wildman–Crippen LogP) is 3.89. The van der Waals surface area contributed by atoms with Crippen LogP contribution in [0.25, 0.3) is 6.08 Å². The van der Waals surface area contributed by atoms with Crippen LogP contribution >= 0.6 is 0 Å². The van der Waals surface area contributed by atoms with E-state index in [0.717, 1.165) is 0 Å². The van der Waals surface area contributed by atoms with E-state index in [0.29, 0.717) is 0 Å². The molecule has 0 heterocycles. The fourth-order valence-electron chi connectivity index (χ4n) is 1.77. The van der Waals surface area contributed by atoms with E-state index >= 15 is 0 Å². The molecule has 0 aromatic heterocycles. The van der Waals surface area contributed by atoms with Crippen LogP contribution in [0.1, 0.15) is 23.6 Å². The first-order chi connectivity index (χ1) is 6.94. The molecule has 0 amide bonds. The molecule has 1 unspecified atom stereocenters. The molecule has 1 aromatic carbocycles. The van der Waals surface area contributed by atoms with Crippen molar-refractivity contribution >= 4 is 6.08 Å². The number of alkyl halides is 2. The fraction of sp³-hybridized carbons (Fsp3) is 0.333. The Kier molecular flexibility index (Phi) is 2.14. The second-order valence-corrected chi connectivity index (χ2v) is 3.93. The maximum atomic E-state index is 13.7. The summed E-state index contributed by atoms with van der Waals surface area (Å²) in [6.07, 6.45) is 2.97. The Hall–Kier alpha value is -1.25. The molecule has 0 saturated carbocycles. The second-order valence-electron chi connectivity index (χ2n) is 3.93. The van der Waals surface area contributed by atoms with Crippen LogP contribution in [0.4, 0.5) is 13.2 Å². The van der Waals surface area contributed by atoms with Crippen molar-refractivity contribution in [2.75, 3.05) is 0 Å². The average Bonchev–Trinajstić information content (AvgIpc) is 2.17. The molecule has 0 N–H and O–H groups in total. The van der Waals surface area contributed by atoms with Crippen LogP contribution in [0.2, 0.25) is 0 Å². The van der Waals surface area contributed by atoms with Gasteiger partial charge in [-0.25, -0.2) is 13.2 Å². The van der Waals surface area contributed by atoms with Gasteiger partial charge >= 0.3 is 0 Å². The van der Waals surface area contributed by atoms with Crippen molar-refractivity contribution in [3.05, 3.63) is 40.7 Å². The van der Waals surface area contributed by atoms with Crippen molar-refractivity contribution in [2.24, 2.45) is 5.92 Å². The molecule has 0 fully saturated rings. The summed E-state index contributed by atoms with van der Waals surface area (Å²) in [5.41, 5.74) is 0.0784. The highest BCUT2D eigenvalue weighted by Crippen LogP contribution is 2.44. The van der Waals surface area contributed by atoms with Crippen LogP contribution in [-0.4, -0.2) is 0 Å². The molecular weight excluding hydrogens is 201 g/mol. The topological polar surface area (TPSA) is 0 Å². The van der Waals surface area contributed by atoms with Crippen molar-refractivity contribution in [2.45, 2.75) is 19.8 Å². The molecule has 0 bridgehead atoms. The SMILES string of the molecule is Cc1ccc2c(c1F)C(F)(F)C(C)C=C2. The molecular formula is C12H11F3. The highest BCUT2D eigenvalue weighted by atomic mass is 19.3. The maximum absolute atomic E-state index is 13.7. The molecule has 15 heavy (non-hydrogen) atoms. The van der Waals surface area contributed by atoms with Gasteiger partial charge in [0.2, 0.25) is 0 Å². The lowest BCUT2D eigenvalue weighted by Gasteiger charge is -2.27. The van der Waals surface area contributed by atoms with E-state index in [2.05, 4.69) is 0 Å². The first-order valence-corrected chi connectivity index (χ1v) is 4.80. The molecule has 80 valence electrons. The van der Waals surface area contributed by atoms with Gasteiger partial charge in [-0.1, -0.05) is 31.2 Å². The van der Waals surface area contributed by atoms with Crippen LogP contribution in [0.3, 0.4) is 0 Å². The van der Waals surface area contributed by atoms with Gasteiger partial charge in [-0.05, 0) is 18.1 Å². The minimum atomic E-state index is -3.11. The van der Waals surface area contributed by atoms with Gasteiger partial charge in [0.25, 0.3) is 5.92 Å². The summed E-state index contributed by atoms with van der Waals surface area (Å²) in [4.78, 5) is 0. The van der Waals surface area contributed by atoms with Gasteiger partial charge in [0, 0.05) is 5.92 Å². The number of halogens is 3. The van der Waals surface area contributed by atoms with Crippen LogP contribution in [0, 0.1) is 18.7 Å². The molecule has 2 rings (SSSR count). The number of allylic oxidation sites excluding steroid dienone is 1. The zero-order valence-electron chi connectivity index (χ0n) is 8.52. The Morgan fingerprint density at radius 1 is 1.27 bits per heavy atom. The zero-order chi connectivity index (χ0) is 11.2. The third kappa shape index (κ3) is 1.37. The fourth-order valence-corrected chi connectivity index (χ4v) is 1.77. The summed E-state index contributed by atoms with van der Waals surface area (Å²) < 4.78 is 41.1. The lowest BCUT2D eigenvalue weighted by atomic mass is 9.85. The van der Waals surface area contributed by atoms with Gasteiger partial charge < -0.3 is 0 Å². The summed E-state index contributed by atoms with van der Waals surface area (Å²) in [6, 6.07) is 3.05. The van der Waals surface area contributed by atoms with E-state index in [4.69, 9.17) is 0 Å². The smallest absolute Gasteiger partial charge is 0.206 e. The first kappa shape index (κ1) is 10.3. The molecule has 0 radical (unpaired) electrons. The molecule has 1 atom stereocenters. The second kappa shape index (κ2) is 3.12. The number of hydrogen-bond acceptors (Lipinski definition) is 0. The van der Waals surface area contributed by atoms with E-state index in [-0.39, 0.29) is 11.1 Å². The van der Waals surface area contributed by atoms with Crippen molar-refractivity contribution in [3.63, 3.8) is 0 Å². The van der Waals surface area contributed by atoms with E-state index in [1.807, 2.05) is 0 Å². The molecule has 0 saturated heterocycles. The lowest BCUT2D eigenvalue weighted by molar-refractivity contribution is -0.0452. The summed E-state index contributed by atoms with van der Waals surface area (Å²) in [7, 11) is 0. The molecule has 0 aliphatic heterocycles. The molecule has 0 spiro atoms. The summed E-state index contributed by atoms with van der Waals surface area (Å²) in [5.74, 6) is -4.85.